The van der Waals surface area contributed by atoms with Crippen LogP contribution in [0.2, 0.25) is 0 Å². The molecule has 3 heteroatoms. The summed E-state index contributed by atoms with van der Waals surface area (Å²) in [5.74, 6) is 1.99. The predicted octanol–water partition coefficient (Wildman–Crippen LogP) is 2.60. The van der Waals surface area contributed by atoms with Crippen LogP contribution in [0.4, 0.5) is 11.5 Å². The molecule has 0 radical (unpaired) electrons. The lowest BCUT2D eigenvalue weighted by atomic mass is 9.94. The van der Waals surface area contributed by atoms with Crippen LogP contribution in [0.5, 0.6) is 0 Å². The van der Waals surface area contributed by atoms with Gasteiger partial charge in [0.05, 0.1) is 11.4 Å². The van der Waals surface area contributed by atoms with Crippen LogP contribution in [-0.2, 0) is 0 Å². The highest BCUT2D eigenvalue weighted by molar-refractivity contribution is 5.50. The van der Waals surface area contributed by atoms with Crippen LogP contribution in [0.1, 0.15) is 31.9 Å². The van der Waals surface area contributed by atoms with Crippen molar-refractivity contribution in [2.45, 2.75) is 33.1 Å². The van der Waals surface area contributed by atoms with Crippen molar-refractivity contribution in [2.24, 2.45) is 5.92 Å². The maximum Gasteiger partial charge on any atom is 0.128 e. The molecule has 3 nitrogen and oxygen atoms in total. The van der Waals surface area contributed by atoms with Crippen LogP contribution in [-0.4, -0.2) is 18.1 Å². The molecule has 1 aromatic heterocycles. The smallest absolute Gasteiger partial charge is 0.128 e. The van der Waals surface area contributed by atoms with Gasteiger partial charge in [0.1, 0.15) is 5.82 Å². The summed E-state index contributed by atoms with van der Waals surface area (Å²) in [6.07, 6.45) is 3.89. The Balaban J connectivity index is 2.05. The monoisotopic (exact) mass is 219 g/mol. The van der Waals surface area contributed by atoms with Crippen molar-refractivity contribution in [3.63, 3.8) is 0 Å². The largest absolute Gasteiger partial charge is 0.397 e. The van der Waals surface area contributed by atoms with Crippen LogP contribution < -0.4 is 10.6 Å². The molecule has 0 aliphatic carbocycles. The fraction of sp³-hybridized carbons (Fsp3) is 0.615. The van der Waals surface area contributed by atoms with E-state index in [2.05, 4.69) is 16.8 Å². The number of aryl methyl sites for hydroxylation is 1. The SMILES string of the molecule is CCC1CCN(c2ccc(N)c(C)n2)CC1. The van der Waals surface area contributed by atoms with E-state index in [0.29, 0.717) is 0 Å². The van der Waals surface area contributed by atoms with Gasteiger partial charge in [-0.15, -0.1) is 0 Å². The summed E-state index contributed by atoms with van der Waals surface area (Å²) in [4.78, 5) is 6.92. The van der Waals surface area contributed by atoms with E-state index in [-0.39, 0.29) is 0 Å². The Morgan fingerprint density at radius 1 is 1.38 bits per heavy atom. The van der Waals surface area contributed by atoms with E-state index in [1.165, 1.54) is 19.3 Å². The van der Waals surface area contributed by atoms with Gasteiger partial charge in [0, 0.05) is 13.1 Å². The molecule has 0 spiro atoms. The van der Waals surface area contributed by atoms with E-state index in [1.807, 2.05) is 19.1 Å². The standard InChI is InChI=1S/C13H21N3/c1-3-11-6-8-16(9-7-11)13-5-4-12(14)10(2)15-13/h4-5,11H,3,6-9,14H2,1-2H3. The first-order valence-corrected chi connectivity index (χ1v) is 6.18. The lowest BCUT2D eigenvalue weighted by Gasteiger charge is -2.32. The van der Waals surface area contributed by atoms with Gasteiger partial charge in [-0.3, -0.25) is 0 Å². The van der Waals surface area contributed by atoms with Gasteiger partial charge in [0.25, 0.3) is 0 Å². The van der Waals surface area contributed by atoms with E-state index in [0.717, 1.165) is 36.2 Å². The van der Waals surface area contributed by atoms with E-state index < -0.39 is 0 Å². The first-order chi connectivity index (χ1) is 7.70. The molecule has 0 unspecified atom stereocenters. The second-order valence-corrected chi connectivity index (χ2v) is 4.68. The number of hydrogen-bond donors (Lipinski definition) is 1. The predicted molar refractivity (Wildman–Crippen MR) is 68.6 cm³/mol. The molecule has 1 fully saturated rings. The fourth-order valence-corrected chi connectivity index (χ4v) is 2.30. The summed E-state index contributed by atoms with van der Waals surface area (Å²) in [5, 5.41) is 0. The van der Waals surface area contributed by atoms with Crippen LogP contribution in [0.3, 0.4) is 0 Å². The van der Waals surface area contributed by atoms with Gasteiger partial charge in [-0.05, 0) is 37.8 Å². The summed E-state index contributed by atoms with van der Waals surface area (Å²) in [6, 6.07) is 4.00. The quantitative estimate of drug-likeness (QED) is 0.831. The van der Waals surface area contributed by atoms with Crippen molar-refractivity contribution in [3.8, 4) is 0 Å². The maximum absolute atomic E-state index is 5.78. The van der Waals surface area contributed by atoms with Crippen LogP contribution in [0, 0.1) is 12.8 Å². The van der Waals surface area contributed by atoms with Gasteiger partial charge >= 0.3 is 0 Å². The van der Waals surface area contributed by atoms with Gasteiger partial charge in [0.15, 0.2) is 0 Å². The third kappa shape index (κ3) is 2.29. The summed E-state index contributed by atoms with van der Waals surface area (Å²) in [5.41, 5.74) is 7.51. The minimum absolute atomic E-state index is 0.784. The number of anilines is 2. The topological polar surface area (TPSA) is 42.1 Å². The molecule has 1 aromatic rings. The number of nitrogens with two attached hydrogens (primary N) is 1. The van der Waals surface area contributed by atoms with Crippen molar-refractivity contribution in [3.05, 3.63) is 17.8 Å². The number of pyridine rings is 1. The average molecular weight is 219 g/mol. The number of nitrogens with zero attached hydrogens (tertiary/aromatic N) is 2. The Morgan fingerprint density at radius 2 is 2.06 bits per heavy atom. The summed E-state index contributed by atoms with van der Waals surface area (Å²) < 4.78 is 0. The van der Waals surface area contributed by atoms with Crippen molar-refractivity contribution >= 4 is 11.5 Å². The molecule has 0 saturated carbocycles. The van der Waals surface area contributed by atoms with Crippen molar-refractivity contribution in [1.29, 1.82) is 0 Å². The second kappa shape index (κ2) is 4.73. The van der Waals surface area contributed by atoms with Gasteiger partial charge < -0.3 is 10.6 Å². The maximum atomic E-state index is 5.78. The highest BCUT2D eigenvalue weighted by atomic mass is 15.2. The molecule has 1 saturated heterocycles. The molecule has 0 bridgehead atoms. The van der Waals surface area contributed by atoms with Gasteiger partial charge in [0.2, 0.25) is 0 Å². The zero-order chi connectivity index (χ0) is 11.5. The zero-order valence-electron chi connectivity index (χ0n) is 10.2. The summed E-state index contributed by atoms with van der Waals surface area (Å²) in [7, 11) is 0. The van der Waals surface area contributed by atoms with E-state index in [1.54, 1.807) is 0 Å². The normalized spacial score (nSPS) is 17.8. The van der Waals surface area contributed by atoms with Crippen molar-refractivity contribution in [2.75, 3.05) is 23.7 Å². The lowest BCUT2D eigenvalue weighted by molar-refractivity contribution is 0.393. The summed E-state index contributed by atoms with van der Waals surface area (Å²) >= 11 is 0. The molecular formula is C13H21N3. The third-order valence-electron chi connectivity index (χ3n) is 3.63. The molecule has 16 heavy (non-hydrogen) atoms. The van der Waals surface area contributed by atoms with Gasteiger partial charge in [-0.2, -0.15) is 0 Å². The van der Waals surface area contributed by atoms with E-state index in [4.69, 9.17) is 5.73 Å². The molecule has 0 atom stereocenters. The number of aromatic nitrogens is 1. The first kappa shape index (κ1) is 11.2. The Bertz CT molecular complexity index is 354. The molecule has 88 valence electrons. The van der Waals surface area contributed by atoms with Crippen molar-refractivity contribution < 1.29 is 0 Å². The Hall–Kier alpha value is -1.25. The molecule has 0 amide bonds. The molecule has 2 N–H and O–H groups in total. The Labute approximate surface area is 97.7 Å². The average Bonchev–Trinajstić information content (AvgIpc) is 2.33. The Kier molecular flexibility index (Phi) is 3.32. The van der Waals surface area contributed by atoms with Crippen LogP contribution in [0.25, 0.3) is 0 Å². The highest BCUT2D eigenvalue weighted by Gasteiger charge is 2.18. The number of rotatable bonds is 2. The fourth-order valence-electron chi connectivity index (χ4n) is 2.30. The van der Waals surface area contributed by atoms with E-state index in [9.17, 15) is 0 Å². The zero-order valence-corrected chi connectivity index (χ0v) is 10.2. The lowest BCUT2D eigenvalue weighted by Crippen LogP contribution is -2.34. The number of piperidine rings is 1. The van der Waals surface area contributed by atoms with Crippen LogP contribution >= 0.6 is 0 Å². The molecule has 2 heterocycles. The number of nitrogen functional groups attached to an aromatic ring is 1. The Morgan fingerprint density at radius 3 is 2.62 bits per heavy atom. The van der Waals surface area contributed by atoms with E-state index >= 15 is 0 Å². The molecule has 1 aliphatic heterocycles. The minimum Gasteiger partial charge on any atom is -0.397 e. The minimum atomic E-state index is 0.784. The van der Waals surface area contributed by atoms with Gasteiger partial charge in [-0.25, -0.2) is 4.98 Å². The van der Waals surface area contributed by atoms with Gasteiger partial charge in [-0.1, -0.05) is 13.3 Å². The molecular weight excluding hydrogens is 198 g/mol. The van der Waals surface area contributed by atoms with Crippen molar-refractivity contribution in [1.82, 2.24) is 4.98 Å². The highest BCUT2D eigenvalue weighted by Crippen LogP contribution is 2.24. The second-order valence-electron chi connectivity index (χ2n) is 4.68. The molecule has 1 aliphatic rings. The first-order valence-electron chi connectivity index (χ1n) is 6.18. The summed E-state index contributed by atoms with van der Waals surface area (Å²) in [6.45, 7) is 6.52. The number of hydrogen-bond acceptors (Lipinski definition) is 3. The van der Waals surface area contributed by atoms with Crippen LogP contribution in [0.15, 0.2) is 12.1 Å². The third-order valence-corrected chi connectivity index (χ3v) is 3.63. The molecule has 2 rings (SSSR count). The molecule has 0 aromatic carbocycles.